The van der Waals surface area contributed by atoms with Crippen molar-refractivity contribution in [2.45, 2.75) is 6.54 Å². The molecule has 0 aliphatic heterocycles. The Kier molecular flexibility index (Phi) is 2.76. The van der Waals surface area contributed by atoms with Crippen molar-refractivity contribution in [3.05, 3.63) is 5.82 Å². The average molecular weight is 170 g/mol. The molecule has 1 aromatic rings. The summed E-state index contributed by atoms with van der Waals surface area (Å²) in [5.74, 6) is 0.443. The SMILES string of the molecule is COc1nc(CN)nc(OC)n1. The lowest BCUT2D eigenvalue weighted by atomic mass is 10.6. The number of nitrogens with two attached hydrogens (primary N) is 1. The summed E-state index contributed by atoms with van der Waals surface area (Å²) >= 11 is 0. The fraction of sp³-hybridized carbons (Fsp3) is 0.500. The van der Waals surface area contributed by atoms with Gasteiger partial charge in [-0.2, -0.15) is 9.97 Å². The molecule has 6 heteroatoms. The highest BCUT2D eigenvalue weighted by atomic mass is 16.5. The Morgan fingerprint density at radius 3 is 1.92 bits per heavy atom. The summed E-state index contributed by atoms with van der Waals surface area (Å²) in [5, 5.41) is 0. The fourth-order valence-electron chi connectivity index (χ4n) is 0.651. The summed E-state index contributed by atoms with van der Waals surface area (Å²) in [5.41, 5.74) is 5.33. The Labute approximate surface area is 69.8 Å². The van der Waals surface area contributed by atoms with Crippen molar-refractivity contribution in [2.24, 2.45) is 5.73 Å². The van der Waals surface area contributed by atoms with E-state index in [1.54, 1.807) is 0 Å². The predicted molar refractivity (Wildman–Crippen MR) is 40.8 cm³/mol. The van der Waals surface area contributed by atoms with Crippen LogP contribution in [0.1, 0.15) is 5.82 Å². The lowest BCUT2D eigenvalue weighted by molar-refractivity contribution is 0.336. The van der Waals surface area contributed by atoms with Gasteiger partial charge in [0.05, 0.1) is 20.8 Å². The zero-order valence-corrected chi connectivity index (χ0v) is 6.94. The van der Waals surface area contributed by atoms with Crippen molar-refractivity contribution in [3.63, 3.8) is 0 Å². The van der Waals surface area contributed by atoms with Gasteiger partial charge in [-0.05, 0) is 0 Å². The molecule has 0 radical (unpaired) electrons. The topological polar surface area (TPSA) is 83.2 Å². The largest absolute Gasteiger partial charge is 0.467 e. The normalized spacial score (nSPS) is 9.58. The van der Waals surface area contributed by atoms with Gasteiger partial charge < -0.3 is 15.2 Å². The molecule has 1 rings (SSSR count). The number of methoxy groups -OCH3 is 2. The first kappa shape index (κ1) is 8.66. The minimum absolute atomic E-state index is 0.210. The van der Waals surface area contributed by atoms with Gasteiger partial charge in [-0.1, -0.05) is 0 Å². The number of ether oxygens (including phenoxy) is 2. The van der Waals surface area contributed by atoms with Gasteiger partial charge >= 0.3 is 12.0 Å². The van der Waals surface area contributed by atoms with Gasteiger partial charge in [-0.25, -0.2) is 0 Å². The molecule has 0 atom stereocenters. The Hall–Kier alpha value is -1.43. The Morgan fingerprint density at radius 1 is 1.08 bits per heavy atom. The monoisotopic (exact) mass is 170 g/mol. The molecule has 66 valence electrons. The van der Waals surface area contributed by atoms with Crippen molar-refractivity contribution in [1.29, 1.82) is 0 Å². The lowest BCUT2D eigenvalue weighted by Crippen LogP contribution is -2.07. The van der Waals surface area contributed by atoms with Crippen LogP contribution >= 0.6 is 0 Å². The molecule has 0 aliphatic carbocycles. The minimum Gasteiger partial charge on any atom is -0.467 e. The molecule has 0 unspecified atom stereocenters. The van der Waals surface area contributed by atoms with Crippen LogP contribution in [0.4, 0.5) is 0 Å². The van der Waals surface area contributed by atoms with Crippen LogP contribution in [-0.4, -0.2) is 29.2 Å². The van der Waals surface area contributed by atoms with Crippen molar-refractivity contribution in [1.82, 2.24) is 15.0 Å². The summed E-state index contributed by atoms with van der Waals surface area (Å²) in [6.45, 7) is 0.231. The predicted octanol–water partition coefficient (Wildman–Crippen LogP) is -0.652. The average Bonchev–Trinajstić information content (AvgIpc) is 2.16. The van der Waals surface area contributed by atoms with Crippen LogP contribution in [0.25, 0.3) is 0 Å². The van der Waals surface area contributed by atoms with Crippen molar-refractivity contribution in [3.8, 4) is 12.0 Å². The van der Waals surface area contributed by atoms with E-state index in [0.29, 0.717) is 5.82 Å². The maximum atomic E-state index is 5.33. The van der Waals surface area contributed by atoms with Crippen LogP contribution < -0.4 is 15.2 Å². The van der Waals surface area contributed by atoms with Crippen LogP contribution in [0.3, 0.4) is 0 Å². The highest BCUT2D eigenvalue weighted by molar-refractivity contribution is 5.04. The quantitative estimate of drug-likeness (QED) is 0.648. The van der Waals surface area contributed by atoms with Crippen LogP contribution in [-0.2, 0) is 6.54 Å². The van der Waals surface area contributed by atoms with Crippen LogP contribution in [0.2, 0.25) is 0 Å². The highest BCUT2D eigenvalue weighted by Gasteiger charge is 2.04. The van der Waals surface area contributed by atoms with Crippen LogP contribution in [0.5, 0.6) is 12.0 Å². The zero-order valence-electron chi connectivity index (χ0n) is 6.94. The van der Waals surface area contributed by atoms with Gasteiger partial charge in [-0.3, -0.25) is 0 Å². The molecule has 0 amide bonds. The number of aromatic nitrogens is 3. The summed E-state index contributed by atoms with van der Waals surface area (Å²) in [6, 6.07) is 0.421. The second kappa shape index (κ2) is 3.82. The van der Waals surface area contributed by atoms with Crippen molar-refractivity contribution in [2.75, 3.05) is 14.2 Å². The Morgan fingerprint density at radius 2 is 1.58 bits per heavy atom. The molecule has 0 spiro atoms. The van der Waals surface area contributed by atoms with Gasteiger partial charge in [-0.15, -0.1) is 4.98 Å². The zero-order chi connectivity index (χ0) is 8.97. The van der Waals surface area contributed by atoms with Crippen molar-refractivity contribution < 1.29 is 9.47 Å². The number of hydrogen-bond donors (Lipinski definition) is 1. The van der Waals surface area contributed by atoms with Crippen LogP contribution in [0.15, 0.2) is 0 Å². The summed E-state index contributed by atoms with van der Waals surface area (Å²) in [4.78, 5) is 11.5. The fourth-order valence-corrected chi connectivity index (χ4v) is 0.651. The van der Waals surface area contributed by atoms with E-state index in [9.17, 15) is 0 Å². The van der Waals surface area contributed by atoms with E-state index in [1.165, 1.54) is 14.2 Å². The summed E-state index contributed by atoms with van der Waals surface area (Å²) in [6.07, 6.45) is 0. The molecule has 0 aromatic carbocycles. The smallest absolute Gasteiger partial charge is 0.322 e. The van der Waals surface area contributed by atoms with Gasteiger partial charge in [0.2, 0.25) is 0 Å². The molecular weight excluding hydrogens is 160 g/mol. The molecule has 12 heavy (non-hydrogen) atoms. The minimum atomic E-state index is 0.210. The highest BCUT2D eigenvalue weighted by Crippen LogP contribution is 2.07. The molecule has 0 fully saturated rings. The van der Waals surface area contributed by atoms with E-state index >= 15 is 0 Å². The van der Waals surface area contributed by atoms with Gasteiger partial charge in [0.25, 0.3) is 0 Å². The number of hydrogen-bond acceptors (Lipinski definition) is 6. The Bertz CT molecular complexity index is 210. The first-order valence-corrected chi connectivity index (χ1v) is 3.33. The van der Waals surface area contributed by atoms with Crippen LogP contribution in [0, 0.1) is 0 Å². The second-order valence-corrected chi connectivity index (χ2v) is 1.93. The van der Waals surface area contributed by atoms with E-state index in [4.69, 9.17) is 15.2 Å². The van der Waals surface area contributed by atoms with Gasteiger partial charge in [0, 0.05) is 0 Å². The molecule has 1 aromatic heterocycles. The molecule has 0 aliphatic rings. The molecule has 0 bridgehead atoms. The third-order valence-electron chi connectivity index (χ3n) is 1.19. The molecular formula is C6H10N4O2. The maximum absolute atomic E-state index is 5.33. The molecule has 0 saturated heterocycles. The van der Waals surface area contributed by atoms with E-state index in [-0.39, 0.29) is 18.6 Å². The first-order valence-electron chi connectivity index (χ1n) is 3.33. The molecule has 1 heterocycles. The summed E-state index contributed by atoms with van der Waals surface area (Å²) in [7, 11) is 2.93. The first-order chi connectivity index (χ1) is 5.80. The second-order valence-electron chi connectivity index (χ2n) is 1.93. The summed E-state index contributed by atoms with van der Waals surface area (Å²) < 4.78 is 9.60. The third-order valence-corrected chi connectivity index (χ3v) is 1.19. The standard InChI is InChI=1S/C6H10N4O2/c1-11-5-8-4(3-7)9-6(10-5)12-2/h3,7H2,1-2H3. The van der Waals surface area contributed by atoms with E-state index in [0.717, 1.165) is 0 Å². The van der Waals surface area contributed by atoms with E-state index in [2.05, 4.69) is 15.0 Å². The number of rotatable bonds is 3. The molecule has 0 saturated carbocycles. The van der Waals surface area contributed by atoms with Gasteiger partial charge in [0.1, 0.15) is 0 Å². The number of nitrogens with zero attached hydrogens (tertiary/aromatic N) is 3. The van der Waals surface area contributed by atoms with Crippen molar-refractivity contribution >= 4 is 0 Å². The van der Waals surface area contributed by atoms with E-state index < -0.39 is 0 Å². The van der Waals surface area contributed by atoms with Gasteiger partial charge in [0.15, 0.2) is 5.82 Å². The Balaban J connectivity index is 3.01. The van der Waals surface area contributed by atoms with E-state index in [1.807, 2.05) is 0 Å². The molecule has 6 nitrogen and oxygen atoms in total. The lowest BCUT2D eigenvalue weighted by Gasteiger charge is -2.02. The third kappa shape index (κ3) is 1.79. The molecule has 2 N–H and O–H groups in total. The maximum Gasteiger partial charge on any atom is 0.322 e.